The highest BCUT2D eigenvalue weighted by Gasteiger charge is 2.13. The highest BCUT2D eigenvalue weighted by molar-refractivity contribution is 5.91. The smallest absolute Gasteiger partial charge is 0.328 e. The molecular weight excluding hydrogens is 236 g/mol. The van der Waals surface area contributed by atoms with Crippen molar-refractivity contribution >= 4 is 11.5 Å². The van der Waals surface area contributed by atoms with E-state index in [9.17, 15) is 9.90 Å². The Hall–Kier alpha value is -2.01. The molecule has 0 saturated heterocycles. The highest BCUT2D eigenvalue weighted by Crippen LogP contribution is 2.32. The van der Waals surface area contributed by atoms with Gasteiger partial charge in [0.05, 0.1) is 20.8 Å². The number of aryl methyl sites for hydroxylation is 1. The lowest BCUT2D eigenvalue weighted by atomic mass is 10.0. The zero-order valence-corrected chi connectivity index (χ0v) is 10.6. The molecule has 0 heterocycles. The molecule has 0 unspecified atom stereocenters. The molecule has 1 aromatic rings. The zero-order valence-electron chi connectivity index (χ0n) is 10.6. The number of carbonyl (C=O) groups is 1. The number of aliphatic hydroxyl groups is 1. The van der Waals surface area contributed by atoms with Crippen LogP contribution in [0.5, 0.6) is 11.5 Å². The summed E-state index contributed by atoms with van der Waals surface area (Å²) in [5.41, 5.74) is 1.63. The molecule has 18 heavy (non-hydrogen) atoms. The molecule has 0 bridgehead atoms. The number of ether oxygens (including phenoxy) is 2. The fourth-order valence-electron chi connectivity index (χ4n) is 1.66. The lowest BCUT2D eigenvalue weighted by Crippen LogP contribution is -2.01. The van der Waals surface area contributed by atoms with E-state index in [0.29, 0.717) is 17.1 Å². The summed E-state index contributed by atoms with van der Waals surface area (Å²) in [5, 5.41) is 18.0. The van der Waals surface area contributed by atoms with Crippen molar-refractivity contribution in [3.05, 3.63) is 29.3 Å². The second-order valence-corrected chi connectivity index (χ2v) is 3.69. The van der Waals surface area contributed by atoms with E-state index in [1.54, 1.807) is 12.1 Å². The van der Waals surface area contributed by atoms with Gasteiger partial charge in [-0.2, -0.15) is 0 Å². The minimum absolute atomic E-state index is 0.262. The van der Waals surface area contributed by atoms with Gasteiger partial charge in [0.2, 0.25) is 0 Å². The standard InChI is InChI=1S/C13H16O5/c1-8-4-12(18-3)10(6-11(8)17-2)9(7-14)5-13(15)16/h4-6,14H,7H2,1-3H3,(H,15,16)/b9-5+. The molecule has 5 nitrogen and oxygen atoms in total. The molecule has 0 aliphatic rings. The number of aliphatic hydroxyl groups excluding tert-OH is 1. The quantitative estimate of drug-likeness (QED) is 0.776. The predicted molar refractivity (Wildman–Crippen MR) is 67.0 cm³/mol. The van der Waals surface area contributed by atoms with E-state index in [1.165, 1.54) is 14.2 Å². The molecule has 5 heteroatoms. The van der Waals surface area contributed by atoms with Crippen LogP contribution in [0.15, 0.2) is 18.2 Å². The van der Waals surface area contributed by atoms with Crippen LogP contribution >= 0.6 is 0 Å². The first kappa shape index (κ1) is 14.1. The molecule has 1 aromatic carbocycles. The predicted octanol–water partition coefficient (Wildman–Crippen LogP) is 1.47. The van der Waals surface area contributed by atoms with E-state index in [4.69, 9.17) is 14.6 Å². The van der Waals surface area contributed by atoms with Crippen molar-refractivity contribution in [2.24, 2.45) is 0 Å². The van der Waals surface area contributed by atoms with Crippen LogP contribution in [0.2, 0.25) is 0 Å². The van der Waals surface area contributed by atoms with Gasteiger partial charge in [0.25, 0.3) is 0 Å². The summed E-state index contributed by atoms with van der Waals surface area (Å²) in [7, 11) is 3.01. The zero-order chi connectivity index (χ0) is 13.7. The fourth-order valence-corrected chi connectivity index (χ4v) is 1.66. The van der Waals surface area contributed by atoms with Crippen LogP contribution in [0.4, 0.5) is 0 Å². The minimum atomic E-state index is -1.12. The first-order chi connectivity index (χ1) is 8.53. The van der Waals surface area contributed by atoms with Crippen molar-refractivity contribution in [3.63, 3.8) is 0 Å². The molecule has 0 aromatic heterocycles. The van der Waals surface area contributed by atoms with Gasteiger partial charge < -0.3 is 19.7 Å². The van der Waals surface area contributed by atoms with Gasteiger partial charge in [-0.25, -0.2) is 4.79 Å². The van der Waals surface area contributed by atoms with E-state index in [1.807, 2.05) is 6.92 Å². The first-order valence-electron chi connectivity index (χ1n) is 5.30. The van der Waals surface area contributed by atoms with Crippen LogP contribution in [-0.2, 0) is 4.79 Å². The largest absolute Gasteiger partial charge is 0.496 e. The third-order valence-electron chi connectivity index (χ3n) is 2.53. The van der Waals surface area contributed by atoms with Crippen LogP contribution < -0.4 is 9.47 Å². The minimum Gasteiger partial charge on any atom is -0.496 e. The van der Waals surface area contributed by atoms with E-state index in [0.717, 1.165) is 11.6 Å². The summed E-state index contributed by atoms with van der Waals surface area (Å²) in [4.78, 5) is 10.7. The maximum absolute atomic E-state index is 10.7. The van der Waals surface area contributed by atoms with E-state index in [-0.39, 0.29) is 5.57 Å². The summed E-state index contributed by atoms with van der Waals surface area (Å²) in [6, 6.07) is 3.39. The third-order valence-corrected chi connectivity index (χ3v) is 2.53. The normalized spacial score (nSPS) is 11.2. The summed E-state index contributed by atoms with van der Waals surface area (Å²) >= 11 is 0. The fraction of sp³-hybridized carbons (Fsp3) is 0.308. The van der Waals surface area contributed by atoms with Gasteiger partial charge >= 0.3 is 5.97 Å². The maximum atomic E-state index is 10.7. The monoisotopic (exact) mass is 252 g/mol. The summed E-state index contributed by atoms with van der Waals surface area (Å²) < 4.78 is 10.4. The molecule has 0 aliphatic heterocycles. The molecular formula is C13H16O5. The molecule has 98 valence electrons. The third kappa shape index (κ3) is 3.01. The van der Waals surface area contributed by atoms with Gasteiger partial charge in [-0.15, -0.1) is 0 Å². The van der Waals surface area contributed by atoms with Crippen molar-refractivity contribution in [1.82, 2.24) is 0 Å². The molecule has 0 aliphatic carbocycles. The Kier molecular flexibility index (Phi) is 4.74. The number of carboxylic acid groups (broad SMARTS) is 1. The van der Waals surface area contributed by atoms with Crippen LogP contribution in [-0.4, -0.2) is 37.0 Å². The second kappa shape index (κ2) is 6.07. The molecule has 0 spiro atoms. The Morgan fingerprint density at radius 2 is 1.89 bits per heavy atom. The first-order valence-corrected chi connectivity index (χ1v) is 5.30. The van der Waals surface area contributed by atoms with Crippen molar-refractivity contribution < 1.29 is 24.5 Å². The van der Waals surface area contributed by atoms with Gasteiger partial charge in [-0.3, -0.25) is 0 Å². The van der Waals surface area contributed by atoms with Crippen LogP contribution in [0.3, 0.4) is 0 Å². The number of hydrogen-bond donors (Lipinski definition) is 2. The van der Waals surface area contributed by atoms with Gasteiger partial charge in [-0.05, 0) is 30.2 Å². The number of benzene rings is 1. The number of rotatable bonds is 5. The lowest BCUT2D eigenvalue weighted by Gasteiger charge is -2.14. The Morgan fingerprint density at radius 1 is 1.28 bits per heavy atom. The van der Waals surface area contributed by atoms with Gasteiger partial charge in [0.1, 0.15) is 11.5 Å². The summed E-state index contributed by atoms with van der Waals surface area (Å²) in [6.07, 6.45) is 0.951. The van der Waals surface area contributed by atoms with E-state index >= 15 is 0 Å². The van der Waals surface area contributed by atoms with Crippen LogP contribution in [0, 0.1) is 6.92 Å². The van der Waals surface area contributed by atoms with Gasteiger partial charge in [-0.1, -0.05) is 0 Å². The Balaban J connectivity index is 3.40. The molecule has 2 N–H and O–H groups in total. The number of aliphatic carboxylic acids is 1. The summed E-state index contributed by atoms with van der Waals surface area (Å²) in [6.45, 7) is 1.46. The molecule has 0 saturated carbocycles. The highest BCUT2D eigenvalue weighted by atomic mass is 16.5. The topological polar surface area (TPSA) is 76.0 Å². The second-order valence-electron chi connectivity index (χ2n) is 3.69. The lowest BCUT2D eigenvalue weighted by molar-refractivity contribution is -0.131. The molecule has 1 rings (SSSR count). The molecule has 0 fully saturated rings. The Labute approximate surface area is 105 Å². The number of carboxylic acids is 1. The van der Waals surface area contributed by atoms with E-state index < -0.39 is 12.6 Å². The van der Waals surface area contributed by atoms with Crippen LogP contribution in [0.1, 0.15) is 11.1 Å². The van der Waals surface area contributed by atoms with Gasteiger partial charge in [0.15, 0.2) is 0 Å². The SMILES string of the molecule is COc1cc(/C(=C/C(=O)O)CO)c(OC)cc1C. The van der Waals surface area contributed by atoms with Crippen molar-refractivity contribution in [3.8, 4) is 11.5 Å². The van der Waals surface area contributed by atoms with Crippen molar-refractivity contribution in [1.29, 1.82) is 0 Å². The Morgan fingerprint density at radius 3 is 2.33 bits per heavy atom. The maximum Gasteiger partial charge on any atom is 0.328 e. The average molecular weight is 252 g/mol. The number of hydrogen-bond acceptors (Lipinski definition) is 4. The van der Waals surface area contributed by atoms with Crippen molar-refractivity contribution in [2.75, 3.05) is 20.8 Å². The van der Waals surface area contributed by atoms with Crippen LogP contribution in [0.25, 0.3) is 5.57 Å². The number of methoxy groups -OCH3 is 2. The molecule has 0 atom stereocenters. The average Bonchev–Trinajstić information content (AvgIpc) is 2.35. The van der Waals surface area contributed by atoms with Crippen molar-refractivity contribution in [2.45, 2.75) is 6.92 Å². The summed E-state index contributed by atoms with van der Waals surface area (Å²) in [5.74, 6) is -0.0222. The van der Waals surface area contributed by atoms with Gasteiger partial charge in [0, 0.05) is 11.6 Å². The molecule has 0 amide bonds. The Bertz CT molecular complexity index is 477. The molecule has 0 radical (unpaired) electrons. The van der Waals surface area contributed by atoms with E-state index in [2.05, 4.69) is 0 Å².